The number of hydrogen-bond acceptors (Lipinski definition) is 4. The molecule has 0 radical (unpaired) electrons. The first-order valence-corrected chi connectivity index (χ1v) is 11.4. The van der Waals surface area contributed by atoms with Crippen molar-refractivity contribution in [3.05, 3.63) is 75.5 Å². The highest BCUT2D eigenvalue weighted by Gasteiger charge is 2.32. The van der Waals surface area contributed by atoms with Gasteiger partial charge in [-0.25, -0.2) is 9.49 Å². The van der Waals surface area contributed by atoms with E-state index in [0.29, 0.717) is 42.6 Å². The molecule has 0 spiro atoms. The average molecular weight is 471 g/mol. The Morgan fingerprint density at radius 2 is 1.91 bits per heavy atom. The van der Waals surface area contributed by atoms with E-state index in [1.165, 1.54) is 25.3 Å². The van der Waals surface area contributed by atoms with Gasteiger partial charge in [0, 0.05) is 30.9 Å². The highest BCUT2D eigenvalue weighted by Crippen LogP contribution is 2.25. The summed E-state index contributed by atoms with van der Waals surface area (Å²) < 4.78 is 14.5. The molecular formula is C25H28ClFN4O2. The molecule has 5 rings (SSSR count). The number of aromatic nitrogens is 2. The van der Waals surface area contributed by atoms with Crippen molar-refractivity contribution in [3.8, 4) is 0 Å². The molecule has 1 saturated carbocycles. The summed E-state index contributed by atoms with van der Waals surface area (Å²) in [6, 6.07) is 12.6. The van der Waals surface area contributed by atoms with Crippen LogP contribution in [0.2, 0.25) is 0 Å². The predicted octanol–water partition coefficient (Wildman–Crippen LogP) is 3.68. The SMILES string of the molecule is Cl.O=C(c1cc(Cc2n[nH]c(=O)c3ccccc23)ccc1F)N1CC(CCNC2CCC2)C1. The van der Waals surface area contributed by atoms with Gasteiger partial charge in [0.25, 0.3) is 11.5 Å². The van der Waals surface area contributed by atoms with Gasteiger partial charge in [-0.1, -0.05) is 30.7 Å². The second-order valence-electron chi connectivity index (χ2n) is 8.98. The first-order valence-electron chi connectivity index (χ1n) is 11.4. The van der Waals surface area contributed by atoms with Crippen molar-refractivity contribution >= 4 is 29.1 Å². The van der Waals surface area contributed by atoms with Gasteiger partial charge in [-0.05, 0) is 55.5 Å². The number of fused-ring (bicyclic) bond motifs is 1. The number of amides is 1. The molecular weight excluding hydrogens is 443 g/mol. The molecule has 2 aromatic carbocycles. The molecule has 8 heteroatoms. The zero-order chi connectivity index (χ0) is 22.1. The Bertz CT molecular complexity index is 1200. The van der Waals surface area contributed by atoms with Crippen LogP contribution >= 0.6 is 12.4 Å². The van der Waals surface area contributed by atoms with Crippen LogP contribution in [0.15, 0.2) is 47.3 Å². The number of halogens is 2. The topological polar surface area (TPSA) is 78.1 Å². The molecule has 1 aliphatic heterocycles. The molecule has 174 valence electrons. The standard InChI is InChI=1S/C25H27FN4O2.ClH/c26-22-9-8-16(13-23-19-6-1-2-7-20(19)24(31)29-28-23)12-21(22)25(32)30-14-17(15-30)10-11-27-18-4-3-5-18;/h1-2,6-9,12,17-18,27H,3-5,10-11,13-15H2,(H,29,31);1H. The van der Waals surface area contributed by atoms with E-state index in [4.69, 9.17) is 0 Å². The third kappa shape index (κ3) is 4.94. The maximum atomic E-state index is 14.5. The van der Waals surface area contributed by atoms with E-state index in [1.54, 1.807) is 29.2 Å². The fraction of sp³-hybridized carbons (Fsp3) is 0.400. The van der Waals surface area contributed by atoms with E-state index in [0.717, 1.165) is 23.9 Å². The number of hydrogen-bond donors (Lipinski definition) is 2. The van der Waals surface area contributed by atoms with Crippen molar-refractivity contribution in [3.63, 3.8) is 0 Å². The lowest BCUT2D eigenvalue weighted by molar-refractivity contribution is 0.0478. The van der Waals surface area contributed by atoms with Crippen LogP contribution in [0.5, 0.6) is 0 Å². The highest BCUT2D eigenvalue weighted by molar-refractivity contribution is 5.95. The third-order valence-electron chi connectivity index (χ3n) is 6.74. The minimum absolute atomic E-state index is 0. The van der Waals surface area contributed by atoms with Crippen molar-refractivity contribution in [1.82, 2.24) is 20.4 Å². The number of nitrogens with zero attached hydrogens (tertiary/aromatic N) is 2. The Labute approximate surface area is 198 Å². The lowest BCUT2D eigenvalue weighted by Crippen LogP contribution is -2.51. The Morgan fingerprint density at radius 3 is 2.64 bits per heavy atom. The Kier molecular flexibility index (Phi) is 7.10. The zero-order valence-electron chi connectivity index (χ0n) is 18.4. The highest BCUT2D eigenvalue weighted by atomic mass is 35.5. The number of likely N-dealkylation sites (tertiary alicyclic amines) is 1. The summed E-state index contributed by atoms with van der Waals surface area (Å²) in [4.78, 5) is 26.6. The molecule has 0 atom stereocenters. The van der Waals surface area contributed by atoms with E-state index in [1.807, 2.05) is 12.1 Å². The maximum Gasteiger partial charge on any atom is 0.272 e. The van der Waals surface area contributed by atoms with Crippen LogP contribution in [-0.2, 0) is 6.42 Å². The van der Waals surface area contributed by atoms with E-state index < -0.39 is 5.82 Å². The van der Waals surface area contributed by atoms with Crippen LogP contribution < -0.4 is 10.9 Å². The number of aromatic amines is 1. The third-order valence-corrected chi connectivity index (χ3v) is 6.74. The number of carbonyl (C=O) groups excluding carboxylic acids is 1. The molecule has 33 heavy (non-hydrogen) atoms. The summed E-state index contributed by atoms with van der Waals surface area (Å²) in [5, 5.41) is 11.6. The Balaban J connectivity index is 0.00000259. The predicted molar refractivity (Wildman–Crippen MR) is 128 cm³/mol. The van der Waals surface area contributed by atoms with Gasteiger partial charge in [-0.3, -0.25) is 9.59 Å². The van der Waals surface area contributed by atoms with Crippen molar-refractivity contribution < 1.29 is 9.18 Å². The van der Waals surface area contributed by atoms with E-state index in [-0.39, 0.29) is 29.4 Å². The van der Waals surface area contributed by atoms with Gasteiger partial charge in [0.05, 0.1) is 16.6 Å². The number of H-pyrrole nitrogens is 1. The average Bonchev–Trinajstić information content (AvgIpc) is 2.74. The monoisotopic (exact) mass is 470 g/mol. The summed E-state index contributed by atoms with van der Waals surface area (Å²) in [5.74, 6) is -0.283. The van der Waals surface area contributed by atoms with E-state index in [9.17, 15) is 14.0 Å². The molecule has 1 saturated heterocycles. The van der Waals surface area contributed by atoms with Crippen LogP contribution in [0.3, 0.4) is 0 Å². The summed E-state index contributed by atoms with van der Waals surface area (Å²) in [7, 11) is 0. The molecule has 3 aromatic rings. The van der Waals surface area contributed by atoms with Gasteiger partial charge in [-0.2, -0.15) is 5.10 Å². The minimum Gasteiger partial charge on any atom is -0.338 e. The smallest absolute Gasteiger partial charge is 0.272 e. The minimum atomic E-state index is -0.506. The summed E-state index contributed by atoms with van der Waals surface area (Å²) >= 11 is 0. The summed E-state index contributed by atoms with van der Waals surface area (Å²) in [6.45, 7) is 2.35. The molecule has 1 amide bonds. The van der Waals surface area contributed by atoms with Gasteiger partial charge in [0.1, 0.15) is 5.82 Å². The molecule has 2 N–H and O–H groups in total. The number of benzene rings is 2. The molecule has 6 nitrogen and oxygen atoms in total. The Morgan fingerprint density at radius 1 is 1.15 bits per heavy atom. The summed E-state index contributed by atoms with van der Waals surface area (Å²) in [6.07, 6.45) is 5.31. The number of nitrogens with one attached hydrogen (secondary N) is 2. The fourth-order valence-corrected chi connectivity index (χ4v) is 4.54. The van der Waals surface area contributed by atoms with Crippen molar-refractivity contribution in [1.29, 1.82) is 0 Å². The zero-order valence-corrected chi connectivity index (χ0v) is 19.2. The van der Waals surface area contributed by atoms with Crippen molar-refractivity contribution in [2.45, 2.75) is 38.1 Å². The molecule has 1 aromatic heterocycles. The quantitative estimate of drug-likeness (QED) is 0.552. The van der Waals surface area contributed by atoms with Crippen LogP contribution in [-0.4, -0.2) is 46.7 Å². The van der Waals surface area contributed by atoms with Crippen LogP contribution in [0.25, 0.3) is 10.8 Å². The molecule has 0 bridgehead atoms. The number of rotatable bonds is 7. The van der Waals surface area contributed by atoms with Gasteiger partial charge < -0.3 is 10.2 Å². The van der Waals surface area contributed by atoms with Gasteiger partial charge >= 0.3 is 0 Å². The fourth-order valence-electron chi connectivity index (χ4n) is 4.54. The van der Waals surface area contributed by atoms with E-state index in [2.05, 4.69) is 15.5 Å². The maximum absolute atomic E-state index is 14.5. The first kappa shape index (κ1) is 23.4. The normalized spacial score (nSPS) is 16.2. The van der Waals surface area contributed by atoms with E-state index >= 15 is 0 Å². The first-order chi connectivity index (χ1) is 15.6. The number of carbonyl (C=O) groups is 1. The molecule has 0 unspecified atom stereocenters. The lowest BCUT2D eigenvalue weighted by Gasteiger charge is -2.40. The summed E-state index contributed by atoms with van der Waals surface area (Å²) in [5.41, 5.74) is 1.33. The second kappa shape index (κ2) is 10.0. The van der Waals surface area contributed by atoms with Crippen molar-refractivity contribution in [2.75, 3.05) is 19.6 Å². The van der Waals surface area contributed by atoms with Crippen LogP contribution in [0, 0.1) is 11.7 Å². The van der Waals surface area contributed by atoms with Gasteiger partial charge in [-0.15, -0.1) is 12.4 Å². The Hall–Kier alpha value is -2.77. The van der Waals surface area contributed by atoms with Crippen LogP contribution in [0.1, 0.15) is 47.3 Å². The largest absolute Gasteiger partial charge is 0.338 e. The molecule has 1 aliphatic carbocycles. The molecule has 2 aliphatic rings. The lowest BCUT2D eigenvalue weighted by atomic mass is 9.91. The molecule has 2 heterocycles. The second-order valence-corrected chi connectivity index (χ2v) is 8.98. The van der Waals surface area contributed by atoms with Crippen LogP contribution in [0.4, 0.5) is 4.39 Å². The van der Waals surface area contributed by atoms with Gasteiger partial charge in [0.15, 0.2) is 0 Å². The van der Waals surface area contributed by atoms with Gasteiger partial charge in [0.2, 0.25) is 0 Å². The molecule has 2 fully saturated rings. The van der Waals surface area contributed by atoms with Crippen molar-refractivity contribution in [2.24, 2.45) is 5.92 Å².